The Hall–Kier alpha value is -1.81. The quantitative estimate of drug-likeness (QED) is 0.851. The second-order valence-electron chi connectivity index (χ2n) is 5.71. The molecule has 106 valence electrons. The van der Waals surface area contributed by atoms with Crippen molar-refractivity contribution in [2.24, 2.45) is 0 Å². The van der Waals surface area contributed by atoms with E-state index in [-0.39, 0.29) is 0 Å². The number of hydrogen-bond acceptors (Lipinski definition) is 4. The summed E-state index contributed by atoms with van der Waals surface area (Å²) in [6.45, 7) is 8.80. The number of rotatable bonds is 2. The van der Waals surface area contributed by atoms with E-state index in [0.717, 1.165) is 48.3 Å². The Labute approximate surface area is 120 Å². The number of anilines is 2. The monoisotopic (exact) mass is 270 g/mol. The lowest BCUT2D eigenvalue weighted by Crippen LogP contribution is -2.49. The molecule has 1 saturated heterocycles. The van der Waals surface area contributed by atoms with Crippen molar-refractivity contribution in [1.29, 1.82) is 0 Å². The van der Waals surface area contributed by atoms with E-state index in [2.05, 4.69) is 40.8 Å². The van der Waals surface area contributed by atoms with E-state index in [9.17, 15) is 0 Å². The Morgan fingerprint density at radius 3 is 2.55 bits per heavy atom. The van der Waals surface area contributed by atoms with E-state index in [1.54, 1.807) is 6.20 Å². The first-order chi connectivity index (χ1) is 9.66. The lowest BCUT2D eigenvalue weighted by Gasteiger charge is -2.38. The molecule has 2 N–H and O–H groups in total. The summed E-state index contributed by atoms with van der Waals surface area (Å²) < 4.78 is 0. The molecule has 3 rings (SSSR count). The average Bonchev–Trinajstić information content (AvgIpc) is 2.48. The summed E-state index contributed by atoms with van der Waals surface area (Å²) in [4.78, 5) is 9.06. The minimum atomic E-state index is 0.622. The van der Waals surface area contributed by atoms with E-state index < -0.39 is 0 Å². The largest absolute Gasteiger partial charge is 0.397 e. The first kappa shape index (κ1) is 13.2. The zero-order valence-corrected chi connectivity index (χ0v) is 12.2. The molecule has 1 aromatic heterocycles. The fraction of sp³-hybridized carbons (Fsp3) is 0.438. The SMILES string of the molecule is CC(C)N1CCN(c2ccc3cnccc3c2N)CC1. The molecule has 1 aliphatic rings. The highest BCUT2D eigenvalue weighted by atomic mass is 15.3. The molecule has 0 unspecified atom stereocenters. The molecule has 0 atom stereocenters. The van der Waals surface area contributed by atoms with Gasteiger partial charge in [-0.2, -0.15) is 0 Å². The maximum absolute atomic E-state index is 6.36. The van der Waals surface area contributed by atoms with E-state index in [1.165, 1.54) is 0 Å². The number of aromatic nitrogens is 1. The summed E-state index contributed by atoms with van der Waals surface area (Å²) in [6, 6.07) is 6.86. The van der Waals surface area contributed by atoms with Crippen LogP contribution in [-0.4, -0.2) is 42.1 Å². The maximum Gasteiger partial charge on any atom is 0.0632 e. The van der Waals surface area contributed by atoms with Crippen LogP contribution in [0.5, 0.6) is 0 Å². The zero-order chi connectivity index (χ0) is 14.1. The van der Waals surface area contributed by atoms with Gasteiger partial charge >= 0.3 is 0 Å². The molecule has 0 aliphatic carbocycles. The number of nitrogens with zero attached hydrogens (tertiary/aromatic N) is 3. The highest BCUT2D eigenvalue weighted by molar-refractivity contribution is 5.98. The number of nitrogens with two attached hydrogens (primary N) is 1. The normalized spacial score (nSPS) is 17.1. The van der Waals surface area contributed by atoms with Gasteiger partial charge in [-0.05, 0) is 26.0 Å². The molecule has 1 aliphatic heterocycles. The molecule has 0 radical (unpaired) electrons. The fourth-order valence-electron chi connectivity index (χ4n) is 2.94. The third-order valence-electron chi connectivity index (χ3n) is 4.22. The number of nitrogen functional groups attached to an aromatic ring is 1. The minimum absolute atomic E-state index is 0.622. The van der Waals surface area contributed by atoms with Gasteiger partial charge in [0.2, 0.25) is 0 Å². The van der Waals surface area contributed by atoms with Gasteiger partial charge in [-0.1, -0.05) is 6.07 Å². The predicted molar refractivity (Wildman–Crippen MR) is 85.1 cm³/mol. The predicted octanol–water partition coefficient (Wildman–Crippen LogP) is 2.35. The van der Waals surface area contributed by atoms with Gasteiger partial charge in [0.25, 0.3) is 0 Å². The average molecular weight is 270 g/mol. The molecular weight excluding hydrogens is 248 g/mol. The summed E-state index contributed by atoms with van der Waals surface area (Å²) in [6.07, 6.45) is 3.67. The minimum Gasteiger partial charge on any atom is -0.397 e. The van der Waals surface area contributed by atoms with Crippen molar-refractivity contribution in [2.75, 3.05) is 36.8 Å². The van der Waals surface area contributed by atoms with Crippen LogP contribution in [-0.2, 0) is 0 Å². The smallest absolute Gasteiger partial charge is 0.0632 e. The number of hydrogen-bond donors (Lipinski definition) is 1. The van der Waals surface area contributed by atoms with E-state index in [4.69, 9.17) is 5.73 Å². The van der Waals surface area contributed by atoms with Gasteiger partial charge in [-0.15, -0.1) is 0 Å². The zero-order valence-electron chi connectivity index (χ0n) is 12.2. The standard InChI is InChI=1S/C16H22N4/c1-12(2)19-7-9-20(10-8-19)15-4-3-13-11-18-6-5-14(13)16(15)17/h3-6,11-12H,7-10,17H2,1-2H3. The Morgan fingerprint density at radius 1 is 1.10 bits per heavy atom. The Bertz CT molecular complexity index is 600. The Balaban J connectivity index is 1.86. The molecule has 4 nitrogen and oxygen atoms in total. The molecule has 2 aromatic rings. The fourth-order valence-corrected chi connectivity index (χ4v) is 2.94. The second-order valence-corrected chi connectivity index (χ2v) is 5.71. The first-order valence-electron chi connectivity index (χ1n) is 7.28. The van der Waals surface area contributed by atoms with Gasteiger partial charge in [-0.3, -0.25) is 9.88 Å². The van der Waals surface area contributed by atoms with Crippen molar-refractivity contribution in [3.63, 3.8) is 0 Å². The molecule has 1 aromatic carbocycles. The first-order valence-corrected chi connectivity index (χ1v) is 7.28. The number of piperazine rings is 1. The van der Waals surface area contributed by atoms with Crippen LogP contribution >= 0.6 is 0 Å². The van der Waals surface area contributed by atoms with Crippen molar-refractivity contribution in [3.05, 3.63) is 30.6 Å². The van der Waals surface area contributed by atoms with Gasteiger partial charge in [0.05, 0.1) is 11.4 Å². The molecule has 2 heterocycles. The van der Waals surface area contributed by atoms with Crippen molar-refractivity contribution >= 4 is 22.1 Å². The van der Waals surface area contributed by atoms with Crippen LogP contribution in [0.4, 0.5) is 11.4 Å². The van der Waals surface area contributed by atoms with Crippen LogP contribution in [0.1, 0.15) is 13.8 Å². The van der Waals surface area contributed by atoms with E-state index >= 15 is 0 Å². The summed E-state index contributed by atoms with van der Waals surface area (Å²) in [7, 11) is 0. The molecular formula is C16H22N4. The highest BCUT2D eigenvalue weighted by Gasteiger charge is 2.20. The van der Waals surface area contributed by atoms with Crippen LogP contribution in [0.15, 0.2) is 30.6 Å². The molecule has 20 heavy (non-hydrogen) atoms. The topological polar surface area (TPSA) is 45.4 Å². The van der Waals surface area contributed by atoms with Gasteiger partial charge in [0, 0.05) is 55.4 Å². The third kappa shape index (κ3) is 2.31. The van der Waals surface area contributed by atoms with Gasteiger partial charge in [-0.25, -0.2) is 0 Å². The Morgan fingerprint density at radius 2 is 1.85 bits per heavy atom. The van der Waals surface area contributed by atoms with Crippen LogP contribution in [0.2, 0.25) is 0 Å². The maximum atomic E-state index is 6.36. The lowest BCUT2D eigenvalue weighted by atomic mass is 10.1. The molecule has 0 spiro atoms. The molecule has 1 fully saturated rings. The van der Waals surface area contributed by atoms with E-state index in [1.807, 2.05) is 12.3 Å². The summed E-state index contributed by atoms with van der Waals surface area (Å²) in [5.41, 5.74) is 8.40. The summed E-state index contributed by atoms with van der Waals surface area (Å²) >= 11 is 0. The van der Waals surface area contributed by atoms with Gasteiger partial charge in [0.15, 0.2) is 0 Å². The number of pyridine rings is 1. The molecule has 4 heteroatoms. The summed E-state index contributed by atoms with van der Waals surface area (Å²) in [5.74, 6) is 0. The van der Waals surface area contributed by atoms with Crippen LogP contribution in [0.25, 0.3) is 10.8 Å². The second kappa shape index (κ2) is 5.29. The summed E-state index contributed by atoms with van der Waals surface area (Å²) in [5, 5.41) is 2.21. The number of fused-ring (bicyclic) bond motifs is 1. The molecule has 0 bridgehead atoms. The van der Waals surface area contributed by atoms with Crippen LogP contribution < -0.4 is 10.6 Å². The van der Waals surface area contributed by atoms with Gasteiger partial charge < -0.3 is 10.6 Å². The van der Waals surface area contributed by atoms with Gasteiger partial charge in [0.1, 0.15) is 0 Å². The van der Waals surface area contributed by atoms with Crippen molar-refractivity contribution in [3.8, 4) is 0 Å². The highest BCUT2D eigenvalue weighted by Crippen LogP contribution is 2.31. The van der Waals surface area contributed by atoms with Crippen LogP contribution in [0, 0.1) is 0 Å². The van der Waals surface area contributed by atoms with E-state index in [0.29, 0.717) is 6.04 Å². The Kier molecular flexibility index (Phi) is 3.49. The van der Waals surface area contributed by atoms with Crippen molar-refractivity contribution in [1.82, 2.24) is 9.88 Å². The van der Waals surface area contributed by atoms with Crippen molar-refractivity contribution < 1.29 is 0 Å². The van der Waals surface area contributed by atoms with Crippen LogP contribution in [0.3, 0.4) is 0 Å². The third-order valence-corrected chi connectivity index (χ3v) is 4.22. The van der Waals surface area contributed by atoms with Crippen molar-refractivity contribution in [2.45, 2.75) is 19.9 Å². The number of benzene rings is 1. The molecule has 0 saturated carbocycles. The molecule has 0 amide bonds. The lowest BCUT2D eigenvalue weighted by molar-refractivity contribution is 0.209.